The van der Waals surface area contributed by atoms with Crippen LogP contribution in [0.15, 0.2) is 42.2 Å². The number of hydrogen-bond donors (Lipinski definition) is 2. The summed E-state index contributed by atoms with van der Waals surface area (Å²) in [5, 5.41) is 2.01. The Morgan fingerprint density at radius 3 is 2.47 bits per heavy atom. The molecule has 92 valence electrons. The lowest BCUT2D eigenvalue weighted by Crippen LogP contribution is -2.36. The second kappa shape index (κ2) is 4.80. The maximum absolute atomic E-state index is 3.21. The van der Waals surface area contributed by atoms with Gasteiger partial charge >= 0.3 is 0 Å². The number of benzene rings is 1. The van der Waals surface area contributed by atoms with Gasteiger partial charge in [0.1, 0.15) is 0 Å². The number of nitrogens with one attached hydrogen (secondary N) is 2. The highest BCUT2D eigenvalue weighted by molar-refractivity contribution is 5.49. The zero-order valence-electron chi connectivity index (χ0n) is 10.8. The molecule has 1 aromatic rings. The summed E-state index contributed by atoms with van der Waals surface area (Å²) in [5.74, 6) is 0. The van der Waals surface area contributed by atoms with Crippen LogP contribution in [-0.4, -0.2) is 0 Å². The summed E-state index contributed by atoms with van der Waals surface area (Å²) < 4.78 is 0. The van der Waals surface area contributed by atoms with E-state index < -0.39 is 0 Å². The van der Waals surface area contributed by atoms with E-state index in [-0.39, 0.29) is 0 Å². The van der Waals surface area contributed by atoms with E-state index in [2.05, 4.69) is 50.1 Å². The normalized spacial score (nSPS) is 15.7. The molecule has 1 heterocycles. The van der Waals surface area contributed by atoms with Crippen molar-refractivity contribution in [1.29, 1.82) is 0 Å². The van der Waals surface area contributed by atoms with Crippen molar-refractivity contribution in [2.75, 3.05) is 5.01 Å². The minimum absolute atomic E-state index is 0.378. The summed E-state index contributed by atoms with van der Waals surface area (Å²) in [4.78, 5) is 0. The monoisotopic (exact) mass is 231 g/mol. The quantitative estimate of drug-likeness (QED) is 0.836. The van der Waals surface area contributed by atoms with Gasteiger partial charge in [0.2, 0.25) is 0 Å². The predicted octanol–water partition coefficient (Wildman–Crippen LogP) is 3.18. The molecule has 0 saturated carbocycles. The van der Waals surface area contributed by atoms with Gasteiger partial charge in [-0.15, -0.1) is 5.53 Å². The second-order valence-corrected chi connectivity index (χ2v) is 5.66. The maximum Gasteiger partial charge on any atom is 0.0589 e. The van der Waals surface area contributed by atoms with Gasteiger partial charge in [-0.3, -0.25) is 5.01 Å². The molecule has 2 N–H and O–H groups in total. The Morgan fingerprint density at radius 2 is 1.82 bits per heavy atom. The Morgan fingerprint density at radius 1 is 1.12 bits per heavy atom. The van der Waals surface area contributed by atoms with Crippen LogP contribution >= 0.6 is 0 Å². The van der Waals surface area contributed by atoms with Crippen molar-refractivity contribution in [3.63, 3.8) is 0 Å². The highest BCUT2D eigenvalue weighted by atomic mass is 15.7. The molecule has 0 spiro atoms. The Bertz CT molecular complexity index is 390. The van der Waals surface area contributed by atoms with E-state index in [1.54, 1.807) is 0 Å². The van der Waals surface area contributed by atoms with Gasteiger partial charge < -0.3 is 5.43 Å². The molecule has 1 aliphatic rings. The minimum Gasteiger partial charge on any atom is -0.306 e. The summed E-state index contributed by atoms with van der Waals surface area (Å²) >= 11 is 0. The molecule has 0 aliphatic carbocycles. The summed E-state index contributed by atoms with van der Waals surface area (Å²) in [6, 6.07) is 10.3. The van der Waals surface area contributed by atoms with E-state index in [0.717, 1.165) is 12.1 Å². The molecule has 1 aliphatic heterocycles. The first-order valence-corrected chi connectivity index (χ1v) is 6.11. The molecule has 0 saturated heterocycles. The lowest BCUT2D eigenvalue weighted by atomic mass is 9.90. The first-order valence-electron chi connectivity index (χ1n) is 6.11. The molecule has 0 aromatic heterocycles. The third-order valence-corrected chi connectivity index (χ3v) is 2.80. The van der Waals surface area contributed by atoms with Gasteiger partial charge in [0.15, 0.2) is 0 Å². The number of anilines is 1. The minimum atomic E-state index is 0.378. The number of para-hydroxylation sites is 1. The molecule has 2 rings (SSSR count). The maximum atomic E-state index is 3.21. The average Bonchev–Trinajstić information content (AvgIpc) is 2.75. The fraction of sp³-hybridized carbons (Fsp3) is 0.429. The largest absolute Gasteiger partial charge is 0.306 e. The van der Waals surface area contributed by atoms with Crippen molar-refractivity contribution in [3.05, 3.63) is 42.2 Å². The number of allylic oxidation sites excluding steroid dienone is 1. The third-order valence-electron chi connectivity index (χ3n) is 2.80. The Kier molecular flexibility index (Phi) is 3.38. The van der Waals surface area contributed by atoms with Crippen LogP contribution < -0.4 is 16.0 Å². The molecule has 0 amide bonds. The SMILES string of the molecule is CC(C)(C)CCC1=CN(c2ccccc2)NN1. The van der Waals surface area contributed by atoms with E-state index in [9.17, 15) is 0 Å². The molecule has 0 unspecified atom stereocenters. The van der Waals surface area contributed by atoms with Gasteiger partial charge in [0.05, 0.1) is 5.69 Å². The van der Waals surface area contributed by atoms with E-state index in [0.29, 0.717) is 5.41 Å². The Hall–Kier alpha value is -1.48. The van der Waals surface area contributed by atoms with Crippen LogP contribution in [0.25, 0.3) is 0 Å². The molecule has 0 radical (unpaired) electrons. The standard InChI is InChI=1S/C14H21N3/c1-14(2,3)10-9-12-11-17(16-15-12)13-7-5-4-6-8-13/h4-8,11,15-16H,9-10H2,1-3H3. The van der Waals surface area contributed by atoms with Gasteiger partial charge in [-0.25, -0.2) is 0 Å². The summed E-state index contributed by atoms with van der Waals surface area (Å²) in [6.07, 6.45) is 4.37. The first kappa shape index (κ1) is 12.0. The molecule has 3 nitrogen and oxygen atoms in total. The van der Waals surface area contributed by atoms with Gasteiger partial charge in [-0.2, -0.15) is 0 Å². The van der Waals surface area contributed by atoms with Crippen LogP contribution in [0, 0.1) is 5.41 Å². The number of hydrogen-bond acceptors (Lipinski definition) is 3. The highest BCUT2D eigenvalue weighted by Crippen LogP contribution is 2.24. The van der Waals surface area contributed by atoms with Crippen LogP contribution in [0.1, 0.15) is 33.6 Å². The van der Waals surface area contributed by atoms with E-state index >= 15 is 0 Å². The molecule has 1 aromatic carbocycles. The van der Waals surface area contributed by atoms with Crippen LogP contribution in [0.4, 0.5) is 5.69 Å². The van der Waals surface area contributed by atoms with Crippen LogP contribution in [0.2, 0.25) is 0 Å². The topological polar surface area (TPSA) is 27.3 Å². The lowest BCUT2D eigenvalue weighted by molar-refractivity contribution is 0.373. The Labute approximate surface area is 103 Å². The summed E-state index contributed by atoms with van der Waals surface area (Å²) in [5.41, 5.74) is 9.13. The molecule has 0 fully saturated rings. The van der Waals surface area contributed by atoms with Crippen molar-refractivity contribution in [2.45, 2.75) is 33.6 Å². The molecule has 0 bridgehead atoms. The zero-order chi connectivity index (χ0) is 12.3. The fourth-order valence-electron chi connectivity index (χ4n) is 1.72. The fourth-order valence-corrected chi connectivity index (χ4v) is 1.72. The van der Waals surface area contributed by atoms with Crippen molar-refractivity contribution in [1.82, 2.24) is 11.0 Å². The summed E-state index contributed by atoms with van der Waals surface area (Å²) in [7, 11) is 0. The van der Waals surface area contributed by atoms with Crippen molar-refractivity contribution >= 4 is 5.69 Å². The molecule has 17 heavy (non-hydrogen) atoms. The molecular weight excluding hydrogens is 210 g/mol. The second-order valence-electron chi connectivity index (χ2n) is 5.66. The number of rotatable bonds is 3. The van der Waals surface area contributed by atoms with Crippen LogP contribution in [0.3, 0.4) is 0 Å². The first-order chi connectivity index (χ1) is 8.04. The van der Waals surface area contributed by atoms with Crippen molar-refractivity contribution in [2.24, 2.45) is 5.41 Å². The predicted molar refractivity (Wildman–Crippen MR) is 72.0 cm³/mol. The highest BCUT2D eigenvalue weighted by Gasteiger charge is 2.15. The molecule has 0 atom stereocenters. The van der Waals surface area contributed by atoms with E-state index in [1.807, 2.05) is 23.2 Å². The van der Waals surface area contributed by atoms with Crippen LogP contribution in [0.5, 0.6) is 0 Å². The van der Waals surface area contributed by atoms with E-state index in [4.69, 9.17) is 0 Å². The Balaban J connectivity index is 1.95. The van der Waals surface area contributed by atoms with Crippen molar-refractivity contribution < 1.29 is 0 Å². The van der Waals surface area contributed by atoms with E-state index in [1.165, 1.54) is 12.1 Å². The smallest absolute Gasteiger partial charge is 0.0589 e. The number of nitrogens with zero attached hydrogens (tertiary/aromatic N) is 1. The average molecular weight is 231 g/mol. The van der Waals surface area contributed by atoms with Gasteiger partial charge in [0, 0.05) is 11.9 Å². The number of hydrazine groups is 2. The molecular formula is C14H21N3. The van der Waals surface area contributed by atoms with Gasteiger partial charge in [-0.1, -0.05) is 39.0 Å². The van der Waals surface area contributed by atoms with Gasteiger partial charge in [0.25, 0.3) is 0 Å². The van der Waals surface area contributed by atoms with Crippen molar-refractivity contribution in [3.8, 4) is 0 Å². The van der Waals surface area contributed by atoms with Gasteiger partial charge in [-0.05, 0) is 30.4 Å². The summed E-state index contributed by atoms with van der Waals surface area (Å²) in [6.45, 7) is 6.81. The van der Waals surface area contributed by atoms with Crippen LogP contribution in [-0.2, 0) is 0 Å². The lowest BCUT2D eigenvalue weighted by Gasteiger charge is -2.17. The third kappa shape index (κ3) is 3.49. The zero-order valence-corrected chi connectivity index (χ0v) is 10.8. The molecule has 3 heteroatoms.